The Morgan fingerprint density at radius 2 is 1.90 bits per heavy atom. The lowest BCUT2D eigenvalue weighted by atomic mass is 9.89. The lowest BCUT2D eigenvalue weighted by molar-refractivity contribution is 0.356. The minimum absolute atomic E-state index is 0.727. The summed E-state index contributed by atoms with van der Waals surface area (Å²) in [7, 11) is 0. The van der Waals surface area contributed by atoms with Gasteiger partial charge in [0.15, 0.2) is 0 Å². The Morgan fingerprint density at radius 3 is 2.50 bits per heavy atom. The molecule has 0 saturated heterocycles. The monoisotopic (exact) mass is 339 g/mol. The number of nitrogens with one attached hydrogen (secondary N) is 1. The summed E-state index contributed by atoms with van der Waals surface area (Å²) >= 11 is 3.57. The Kier molecular flexibility index (Phi) is 8.47. The van der Waals surface area contributed by atoms with E-state index in [1.807, 2.05) is 0 Å². The summed E-state index contributed by atoms with van der Waals surface area (Å²) in [6.45, 7) is 11.5. The normalized spacial score (nSPS) is 14.5. The van der Waals surface area contributed by atoms with E-state index in [4.69, 9.17) is 0 Å². The van der Waals surface area contributed by atoms with Gasteiger partial charge < -0.3 is 5.32 Å². The van der Waals surface area contributed by atoms with Crippen LogP contribution >= 0.6 is 15.9 Å². The Bertz CT molecular complexity index is 375. The average molecular weight is 340 g/mol. The van der Waals surface area contributed by atoms with Gasteiger partial charge in [-0.2, -0.15) is 0 Å². The van der Waals surface area contributed by atoms with Crippen LogP contribution in [-0.2, 0) is 6.42 Å². The van der Waals surface area contributed by atoms with Gasteiger partial charge in [0.2, 0.25) is 0 Å². The van der Waals surface area contributed by atoms with Crippen LogP contribution in [0.3, 0.4) is 0 Å². The third kappa shape index (κ3) is 7.44. The molecule has 0 aliphatic heterocycles. The Morgan fingerprint density at radius 1 is 1.15 bits per heavy atom. The van der Waals surface area contributed by atoms with E-state index in [0.29, 0.717) is 0 Å². The molecular formula is C18H30BrN. The van der Waals surface area contributed by atoms with Crippen LogP contribution in [0.15, 0.2) is 28.7 Å². The molecule has 2 unspecified atom stereocenters. The molecule has 0 amide bonds. The van der Waals surface area contributed by atoms with Gasteiger partial charge in [-0.3, -0.25) is 0 Å². The molecule has 1 N–H and O–H groups in total. The summed E-state index contributed by atoms with van der Waals surface area (Å²) in [5, 5.41) is 3.64. The highest BCUT2D eigenvalue weighted by Crippen LogP contribution is 2.21. The SMILES string of the molecule is CCC(C)CC(CNCC(C)C)Cc1cccc(Br)c1. The van der Waals surface area contributed by atoms with E-state index in [9.17, 15) is 0 Å². The van der Waals surface area contributed by atoms with Crippen molar-refractivity contribution in [1.82, 2.24) is 5.32 Å². The second-order valence-electron chi connectivity index (χ2n) is 6.50. The van der Waals surface area contributed by atoms with Crippen molar-refractivity contribution in [3.05, 3.63) is 34.3 Å². The Hall–Kier alpha value is -0.340. The first-order valence-electron chi connectivity index (χ1n) is 7.96. The molecule has 1 aromatic carbocycles. The molecule has 114 valence electrons. The summed E-state index contributed by atoms with van der Waals surface area (Å²) in [6, 6.07) is 8.74. The predicted octanol–water partition coefficient (Wildman–Crippen LogP) is 5.29. The summed E-state index contributed by atoms with van der Waals surface area (Å²) in [5.41, 5.74) is 1.44. The van der Waals surface area contributed by atoms with Crippen molar-refractivity contribution in [1.29, 1.82) is 0 Å². The quantitative estimate of drug-likeness (QED) is 0.644. The van der Waals surface area contributed by atoms with Crippen molar-refractivity contribution in [2.45, 2.75) is 47.0 Å². The van der Waals surface area contributed by atoms with E-state index < -0.39 is 0 Å². The topological polar surface area (TPSA) is 12.0 Å². The van der Waals surface area contributed by atoms with Crippen LogP contribution < -0.4 is 5.32 Å². The van der Waals surface area contributed by atoms with E-state index in [2.05, 4.69) is 73.2 Å². The van der Waals surface area contributed by atoms with Gasteiger partial charge in [-0.05, 0) is 61.4 Å². The maximum Gasteiger partial charge on any atom is 0.0177 e. The van der Waals surface area contributed by atoms with Crippen molar-refractivity contribution in [3.63, 3.8) is 0 Å². The molecule has 2 heteroatoms. The third-order valence-electron chi connectivity index (χ3n) is 3.83. The largest absolute Gasteiger partial charge is 0.316 e. The molecule has 0 spiro atoms. The van der Waals surface area contributed by atoms with E-state index in [1.54, 1.807) is 0 Å². The summed E-state index contributed by atoms with van der Waals surface area (Å²) in [6.07, 6.45) is 3.77. The van der Waals surface area contributed by atoms with Crippen LogP contribution in [0.2, 0.25) is 0 Å². The molecule has 0 heterocycles. The molecule has 0 fully saturated rings. The van der Waals surface area contributed by atoms with Crippen molar-refractivity contribution in [2.75, 3.05) is 13.1 Å². The second kappa shape index (κ2) is 9.57. The van der Waals surface area contributed by atoms with Gasteiger partial charge in [-0.15, -0.1) is 0 Å². The molecule has 20 heavy (non-hydrogen) atoms. The zero-order chi connectivity index (χ0) is 15.0. The smallest absolute Gasteiger partial charge is 0.0177 e. The van der Waals surface area contributed by atoms with Gasteiger partial charge >= 0.3 is 0 Å². The maximum atomic E-state index is 3.64. The number of hydrogen-bond donors (Lipinski definition) is 1. The minimum atomic E-state index is 0.727. The minimum Gasteiger partial charge on any atom is -0.316 e. The van der Waals surface area contributed by atoms with Crippen molar-refractivity contribution < 1.29 is 0 Å². The molecule has 0 aromatic heterocycles. The molecule has 2 atom stereocenters. The highest BCUT2D eigenvalue weighted by atomic mass is 79.9. The average Bonchev–Trinajstić information content (AvgIpc) is 2.38. The lowest BCUT2D eigenvalue weighted by Gasteiger charge is -2.22. The van der Waals surface area contributed by atoms with Crippen LogP contribution in [0, 0.1) is 17.8 Å². The summed E-state index contributed by atoms with van der Waals surface area (Å²) in [4.78, 5) is 0. The summed E-state index contributed by atoms with van der Waals surface area (Å²) in [5.74, 6) is 2.27. The fraction of sp³-hybridized carbons (Fsp3) is 0.667. The van der Waals surface area contributed by atoms with Crippen LogP contribution in [0.1, 0.15) is 46.1 Å². The fourth-order valence-corrected chi connectivity index (χ4v) is 2.99. The van der Waals surface area contributed by atoms with Gasteiger partial charge in [-0.25, -0.2) is 0 Å². The van der Waals surface area contributed by atoms with Gasteiger partial charge in [0, 0.05) is 4.47 Å². The van der Waals surface area contributed by atoms with Gasteiger partial charge in [-0.1, -0.05) is 62.2 Å². The highest BCUT2D eigenvalue weighted by molar-refractivity contribution is 9.10. The molecule has 0 saturated carbocycles. The first-order valence-corrected chi connectivity index (χ1v) is 8.75. The molecule has 0 aliphatic rings. The van der Waals surface area contributed by atoms with Crippen LogP contribution in [-0.4, -0.2) is 13.1 Å². The van der Waals surface area contributed by atoms with Gasteiger partial charge in [0.25, 0.3) is 0 Å². The molecule has 0 radical (unpaired) electrons. The summed E-state index contributed by atoms with van der Waals surface area (Å²) < 4.78 is 1.19. The van der Waals surface area contributed by atoms with Gasteiger partial charge in [0.1, 0.15) is 0 Å². The zero-order valence-electron chi connectivity index (χ0n) is 13.5. The number of benzene rings is 1. The van der Waals surface area contributed by atoms with Crippen LogP contribution in [0.5, 0.6) is 0 Å². The fourth-order valence-electron chi connectivity index (χ4n) is 2.55. The zero-order valence-corrected chi connectivity index (χ0v) is 15.0. The highest BCUT2D eigenvalue weighted by Gasteiger charge is 2.13. The molecule has 1 nitrogen and oxygen atoms in total. The third-order valence-corrected chi connectivity index (χ3v) is 4.32. The first-order chi connectivity index (χ1) is 9.51. The molecule has 0 aliphatic carbocycles. The maximum absolute atomic E-state index is 3.64. The van der Waals surface area contributed by atoms with E-state index >= 15 is 0 Å². The number of halogens is 1. The standard InChI is InChI=1S/C18H30BrN/c1-5-15(4)9-17(13-20-12-14(2)3)10-16-7-6-8-18(19)11-16/h6-8,11,14-15,17,20H,5,9-10,12-13H2,1-4H3. The van der Waals surface area contributed by atoms with Gasteiger partial charge in [0.05, 0.1) is 0 Å². The lowest BCUT2D eigenvalue weighted by Crippen LogP contribution is -2.28. The van der Waals surface area contributed by atoms with Crippen molar-refractivity contribution in [3.8, 4) is 0 Å². The predicted molar refractivity (Wildman–Crippen MR) is 93.1 cm³/mol. The van der Waals surface area contributed by atoms with Crippen LogP contribution in [0.4, 0.5) is 0 Å². The van der Waals surface area contributed by atoms with Crippen LogP contribution in [0.25, 0.3) is 0 Å². The van der Waals surface area contributed by atoms with E-state index in [-0.39, 0.29) is 0 Å². The molecule has 1 rings (SSSR count). The Balaban J connectivity index is 2.56. The second-order valence-corrected chi connectivity index (χ2v) is 7.42. The number of rotatable bonds is 9. The Labute approximate surface area is 133 Å². The molecule has 0 bridgehead atoms. The molecule has 1 aromatic rings. The molecular weight excluding hydrogens is 310 g/mol. The van der Waals surface area contributed by atoms with E-state index in [0.717, 1.165) is 30.8 Å². The van der Waals surface area contributed by atoms with Crippen molar-refractivity contribution in [2.24, 2.45) is 17.8 Å². The van der Waals surface area contributed by atoms with Crippen molar-refractivity contribution >= 4 is 15.9 Å². The number of hydrogen-bond acceptors (Lipinski definition) is 1. The first kappa shape index (κ1) is 17.7. The van der Waals surface area contributed by atoms with E-state index in [1.165, 1.54) is 29.3 Å².